The lowest BCUT2D eigenvalue weighted by atomic mass is 10.2. The van der Waals surface area contributed by atoms with Crippen molar-refractivity contribution in [3.05, 3.63) is 23.5 Å². The first kappa shape index (κ1) is 11.7. The maximum Gasteiger partial charge on any atom is 0.274 e. The topological polar surface area (TPSA) is 83.8 Å². The standard InChI is InChI=1S/C12H18N4O/c1-2-5-9-10(13)11(16-15-9)12(17)14-8-6-3-4-7-8/h3-4,8H,2,5-7,13H2,1H3,(H,14,17)(H,15,16). The Bertz CT molecular complexity index is 428. The average molecular weight is 234 g/mol. The molecule has 0 radical (unpaired) electrons. The molecule has 1 heterocycles. The van der Waals surface area contributed by atoms with Crippen LogP contribution in [0, 0.1) is 0 Å². The second-order valence-electron chi connectivity index (χ2n) is 4.33. The summed E-state index contributed by atoms with van der Waals surface area (Å²) in [5.74, 6) is -0.185. The molecule has 0 saturated carbocycles. The van der Waals surface area contributed by atoms with Crippen LogP contribution in [-0.4, -0.2) is 22.1 Å². The maximum atomic E-state index is 11.9. The van der Waals surface area contributed by atoms with E-state index in [1.807, 2.05) is 0 Å². The van der Waals surface area contributed by atoms with Crippen molar-refractivity contribution in [3.63, 3.8) is 0 Å². The lowest BCUT2D eigenvalue weighted by molar-refractivity contribution is 0.0935. The molecule has 0 unspecified atom stereocenters. The third-order valence-corrected chi connectivity index (χ3v) is 2.94. The van der Waals surface area contributed by atoms with E-state index in [1.165, 1.54) is 0 Å². The summed E-state index contributed by atoms with van der Waals surface area (Å²) in [4.78, 5) is 11.9. The molecule has 0 atom stereocenters. The number of H-pyrrole nitrogens is 1. The lowest BCUT2D eigenvalue weighted by Crippen LogP contribution is -2.33. The fourth-order valence-electron chi connectivity index (χ4n) is 1.99. The van der Waals surface area contributed by atoms with Crippen LogP contribution >= 0.6 is 0 Å². The van der Waals surface area contributed by atoms with Crippen molar-refractivity contribution in [1.29, 1.82) is 0 Å². The van der Waals surface area contributed by atoms with Crippen molar-refractivity contribution in [2.75, 3.05) is 5.73 Å². The van der Waals surface area contributed by atoms with Gasteiger partial charge in [0.25, 0.3) is 5.91 Å². The molecule has 1 aliphatic carbocycles. The number of hydrogen-bond donors (Lipinski definition) is 3. The largest absolute Gasteiger partial charge is 0.395 e. The molecule has 5 heteroatoms. The van der Waals surface area contributed by atoms with E-state index in [9.17, 15) is 4.79 Å². The molecule has 0 saturated heterocycles. The average Bonchev–Trinajstić information content (AvgIpc) is 2.91. The van der Waals surface area contributed by atoms with E-state index in [0.717, 1.165) is 31.4 Å². The molecular weight excluding hydrogens is 216 g/mol. The molecule has 1 aromatic heterocycles. The minimum absolute atomic E-state index is 0.185. The van der Waals surface area contributed by atoms with Gasteiger partial charge in [0.1, 0.15) is 0 Å². The van der Waals surface area contributed by atoms with E-state index in [2.05, 4.69) is 34.6 Å². The number of amides is 1. The highest BCUT2D eigenvalue weighted by Crippen LogP contribution is 2.17. The lowest BCUT2D eigenvalue weighted by Gasteiger charge is -2.10. The van der Waals surface area contributed by atoms with Gasteiger partial charge < -0.3 is 11.1 Å². The zero-order valence-electron chi connectivity index (χ0n) is 9.99. The normalized spacial score (nSPS) is 15.4. The number of hydrogen-bond acceptors (Lipinski definition) is 3. The van der Waals surface area contributed by atoms with E-state index < -0.39 is 0 Å². The van der Waals surface area contributed by atoms with Gasteiger partial charge in [-0.2, -0.15) is 5.10 Å². The summed E-state index contributed by atoms with van der Waals surface area (Å²) < 4.78 is 0. The molecule has 17 heavy (non-hydrogen) atoms. The molecule has 1 amide bonds. The first-order chi connectivity index (χ1) is 8.22. The SMILES string of the molecule is CCCc1[nH]nc(C(=O)NC2CC=CC2)c1N. The van der Waals surface area contributed by atoms with E-state index in [4.69, 9.17) is 5.73 Å². The number of aromatic amines is 1. The van der Waals surface area contributed by atoms with Gasteiger partial charge in [-0.3, -0.25) is 9.89 Å². The molecule has 0 aromatic carbocycles. The molecular formula is C12H18N4O. The first-order valence-corrected chi connectivity index (χ1v) is 6.01. The highest BCUT2D eigenvalue weighted by Gasteiger charge is 2.20. The number of anilines is 1. The molecule has 0 fully saturated rings. The predicted molar refractivity (Wildman–Crippen MR) is 66.6 cm³/mol. The predicted octanol–water partition coefficient (Wildman–Crippen LogP) is 1.39. The number of carbonyl (C=O) groups excluding carboxylic acids is 1. The van der Waals surface area contributed by atoms with E-state index >= 15 is 0 Å². The van der Waals surface area contributed by atoms with Crippen molar-refractivity contribution < 1.29 is 4.79 Å². The van der Waals surface area contributed by atoms with Crippen molar-refractivity contribution in [2.45, 2.75) is 38.6 Å². The van der Waals surface area contributed by atoms with E-state index in [1.54, 1.807) is 0 Å². The van der Waals surface area contributed by atoms with Crippen LogP contribution in [0.1, 0.15) is 42.4 Å². The van der Waals surface area contributed by atoms with Crippen LogP contribution in [0.2, 0.25) is 0 Å². The fourth-order valence-corrected chi connectivity index (χ4v) is 1.99. The van der Waals surface area contributed by atoms with Crippen LogP contribution in [0.3, 0.4) is 0 Å². The summed E-state index contributed by atoms with van der Waals surface area (Å²) in [5, 5.41) is 9.75. The van der Waals surface area contributed by atoms with Crippen molar-refractivity contribution in [1.82, 2.24) is 15.5 Å². The molecule has 1 aromatic rings. The highest BCUT2D eigenvalue weighted by molar-refractivity contribution is 5.97. The number of nitrogens with two attached hydrogens (primary N) is 1. The van der Waals surface area contributed by atoms with Gasteiger partial charge in [0.05, 0.1) is 11.4 Å². The maximum absolute atomic E-state index is 11.9. The molecule has 5 nitrogen and oxygen atoms in total. The highest BCUT2D eigenvalue weighted by atomic mass is 16.2. The van der Waals surface area contributed by atoms with Crippen molar-refractivity contribution in [2.24, 2.45) is 0 Å². The quantitative estimate of drug-likeness (QED) is 0.688. The Morgan fingerprint density at radius 3 is 2.94 bits per heavy atom. The minimum Gasteiger partial charge on any atom is -0.395 e. The Hall–Kier alpha value is -1.78. The smallest absolute Gasteiger partial charge is 0.274 e. The van der Waals surface area contributed by atoms with E-state index in [-0.39, 0.29) is 11.9 Å². The monoisotopic (exact) mass is 234 g/mol. The third kappa shape index (κ3) is 2.49. The minimum atomic E-state index is -0.185. The van der Waals surface area contributed by atoms with Gasteiger partial charge in [0.2, 0.25) is 0 Å². The molecule has 1 aliphatic rings. The number of aryl methyl sites for hydroxylation is 1. The Balaban J connectivity index is 2.03. The number of nitrogens with zero attached hydrogens (tertiary/aromatic N) is 1. The Labute approximate surface area is 100 Å². The van der Waals surface area contributed by atoms with Crippen molar-refractivity contribution >= 4 is 11.6 Å². The molecule has 4 N–H and O–H groups in total. The van der Waals surface area contributed by atoms with Gasteiger partial charge in [0, 0.05) is 6.04 Å². The van der Waals surface area contributed by atoms with Gasteiger partial charge >= 0.3 is 0 Å². The van der Waals surface area contributed by atoms with Crippen LogP contribution in [-0.2, 0) is 6.42 Å². The Morgan fingerprint density at radius 2 is 2.29 bits per heavy atom. The van der Waals surface area contributed by atoms with Gasteiger partial charge in [0.15, 0.2) is 5.69 Å². The summed E-state index contributed by atoms with van der Waals surface area (Å²) in [6.45, 7) is 2.06. The summed E-state index contributed by atoms with van der Waals surface area (Å²) in [5.41, 5.74) is 7.55. The van der Waals surface area contributed by atoms with Crippen LogP contribution < -0.4 is 11.1 Å². The van der Waals surface area contributed by atoms with Crippen LogP contribution in [0.15, 0.2) is 12.2 Å². The molecule has 92 valence electrons. The van der Waals surface area contributed by atoms with Crippen LogP contribution in [0.4, 0.5) is 5.69 Å². The van der Waals surface area contributed by atoms with E-state index in [0.29, 0.717) is 11.4 Å². The van der Waals surface area contributed by atoms with Crippen molar-refractivity contribution in [3.8, 4) is 0 Å². The second kappa shape index (κ2) is 5.03. The molecule has 0 aliphatic heterocycles. The molecule has 0 bridgehead atoms. The number of aromatic nitrogens is 2. The van der Waals surface area contributed by atoms with Crippen LogP contribution in [0.25, 0.3) is 0 Å². The summed E-state index contributed by atoms with van der Waals surface area (Å²) in [6, 6.07) is 0.188. The van der Waals surface area contributed by atoms with Gasteiger partial charge in [-0.25, -0.2) is 0 Å². The molecule has 0 spiro atoms. The van der Waals surface area contributed by atoms with Gasteiger partial charge in [-0.15, -0.1) is 0 Å². The molecule has 2 rings (SSSR count). The number of rotatable bonds is 4. The summed E-state index contributed by atoms with van der Waals surface area (Å²) in [7, 11) is 0. The zero-order chi connectivity index (χ0) is 12.3. The van der Waals surface area contributed by atoms with Gasteiger partial charge in [-0.05, 0) is 19.3 Å². The second-order valence-corrected chi connectivity index (χ2v) is 4.33. The first-order valence-electron chi connectivity index (χ1n) is 6.01. The van der Waals surface area contributed by atoms with Gasteiger partial charge in [-0.1, -0.05) is 25.5 Å². The Morgan fingerprint density at radius 1 is 1.59 bits per heavy atom. The number of nitrogen functional groups attached to an aromatic ring is 1. The number of carbonyl (C=O) groups is 1. The fraction of sp³-hybridized carbons (Fsp3) is 0.500. The Kier molecular flexibility index (Phi) is 3.46. The summed E-state index contributed by atoms with van der Waals surface area (Å²) >= 11 is 0. The van der Waals surface area contributed by atoms with Crippen LogP contribution in [0.5, 0.6) is 0 Å². The summed E-state index contributed by atoms with van der Waals surface area (Å²) in [6.07, 6.45) is 7.70. The number of nitrogens with one attached hydrogen (secondary N) is 2. The third-order valence-electron chi connectivity index (χ3n) is 2.94. The zero-order valence-corrected chi connectivity index (χ0v) is 9.99.